The highest BCUT2D eigenvalue weighted by molar-refractivity contribution is 9.10. The quantitative estimate of drug-likeness (QED) is 0.881. The van der Waals surface area contributed by atoms with Crippen molar-refractivity contribution in [2.75, 3.05) is 5.32 Å². The van der Waals surface area contributed by atoms with Crippen LogP contribution >= 0.6 is 15.9 Å². The predicted molar refractivity (Wildman–Crippen MR) is 77.7 cm³/mol. The Bertz CT molecular complexity index is 560. The van der Waals surface area contributed by atoms with E-state index >= 15 is 0 Å². The molecule has 1 amide bonds. The van der Waals surface area contributed by atoms with E-state index in [2.05, 4.69) is 31.2 Å². The van der Waals surface area contributed by atoms with Crippen LogP contribution in [0.1, 0.15) is 12.5 Å². The molecule has 2 rings (SSSR count). The number of aromatic nitrogens is 2. The molecule has 0 aliphatic heterocycles. The number of carbonyl (C=O) groups excluding carboxylic acids is 1. The highest BCUT2D eigenvalue weighted by Crippen LogP contribution is 2.18. The summed E-state index contributed by atoms with van der Waals surface area (Å²) in [7, 11) is 0. The van der Waals surface area contributed by atoms with Crippen molar-refractivity contribution in [2.24, 2.45) is 5.92 Å². The number of amides is 1. The van der Waals surface area contributed by atoms with Gasteiger partial charge in [-0.15, -0.1) is 0 Å². The molecule has 1 atom stereocenters. The van der Waals surface area contributed by atoms with Crippen LogP contribution < -0.4 is 5.32 Å². The Balaban J connectivity index is 1.99. The largest absolute Gasteiger partial charge is 0.322 e. The molecule has 19 heavy (non-hydrogen) atoms. The maximum atomic E-state index is 12.1. The Hall–Kier alpha value is -1.75. The van der Waals surface area contributed by atoms with Gasteiger partial charge in [-0.25, -0.2) is 9.97 Å². The van der Waals surface area contributed by atoms with Gasteiger partial charge in [-0.1, -0.05) is 37.3 Å². The zero-order valence-electron chi connectivity index (χ0n) is 10.5. The van der Waals surface area contributed by atoms with Crippen molar-refractivity contribution >= 4 is 27.5 Å². The summed E-state index contributed by atoms with van der Waals surface area (Å²) in [5, 5.41) is 2.82. The van der Waals surface area contributed by atoms with Crippen molar-refractivity contribution in [3.63, 3.8) is 0 Å². The number of carbonyl (C=O) groups is 1. The fourth-order valence-corrected chi connectivity index (χ4v) is 2.01. The van der Waals surface area contributed by atoms with Crippen LogP contribution in [-0.2, 0) is 11.2 Å². The van der Waals surface area contributed by atoms with Gasteiger partial charge in [0.1, 0.15) is 10.9 Å². The monoisotopic (exact) mass is 319 g/mol. The van der Waals surface area contributed by atoms with Gasteiger partial charge in [0.05, 0.1) is 11.9 Å². The lowest BCUT2D eigenvalue weighted by Crippen LogP contribution is -2.22. The van der Waals surface area contributed by atoms with Crippen LogP contribution in [0.25, 0.3) is 0 Å². The van der Waals surface area contributed by atoms with Gasteiger partial charge in [-0.05, 0) is 27.9 Å². The average Bonchev–Trinajstić information content (AvgIpc) is 2.42. The number of nitrogens with zero attached hydrogens (tertiary/aromatic N) is 2. The molecule has 1 N–H and O–H groups in total. The highest BCUT2D eigenvalue weighted by atomic mass is 79.9. The van der Waals surface area contributed by atoms with Gasteiger partial charge in [0, 0.05) is 5.92 Å². The van der Waals surface area contributed by atoms with Crippen molar-refractivity contribution in [3.05, 3.63) is 53.0 Å². The lowest BCUT2D eigenvalue weighted by molar-refractivity contribution is -0.119. The number of halogens is 1. The van der Waals surface area contributed by atoms with E-state index in [4.69, 9.17) is 0 Å². The molecule has 1 heterocycles. The Morgan fingerprint density at radius 3 is 2.79 bits per heavy atom. The number of benzene rings is 1. The Morgan fingerprint density at radius 1 is 1.37 bits per heavy atom. The van der Waals surface area contributed by atoms with E-state index in [0.717, 1.165) is 5.56 Å². The zero-order chi connectivity index (χ0) is 13.7. The minimum Gasteiger partial charge on any atom is -0.322 e. The van der Waals surface area contributed by atoms with E-state index in [1.807, 2.05) is 37.3 Å². The molecule has 98 valence electrons. The van der Waals surface area contributed by atoms with Gasteiger partial charge < -0.3 is 5.32 Å². The first-order chi connectivity index (χ1) is 9.16. The fourth-order valence-electron chi connectivity index (χ4n) is 1.71. The maximum Gasteiger partial charge on any atom is 0.227 e. The van der Waals surface area contributed by atoms with Crippen molar-refractivity contribution in [1.82, 2.24) is 9.97 Å². The van der Waals surface area contributed by atoms with E-state index in [-0.39, 0.29) is 11.8 Å². The Labute approximate surface area is 120 Å². The van der Waals surface area contributed by atoms with E-state index in [0.29, 0.717) is 16.7 Å². The third-order valence-corrected chi connectivity index (χ3v) is 3.39. The molecular formula is C14H14BrN3O. The second-order valence-electron chi connectivity index (χ2n) is 4.31. The van der Waals surface area contributed by atoms with Crippen LogP contribution in [0.4, 0.5) is 5.69 Å². The highest BCUT2D eigenvalue weighted by Gasteiger charge is 2.15. The normalized spacial score (nSPS) is 11.9. The van der Waals surface area contributed by atoms with Gasteiger partial charge in [-0.2, -0.15) is 0 Å². The Morgan fingerprint density at radius 2 is 2.11 bits per heavy atom. The summed E-state index contributed by atoms with van der Waals surface area (Å²) >= 11 is 3.27. The second-order valence-corrected chi connectivity index (χ2v) is 5.06. The van der Waals surface area contributed by atoms with Gasteiger partial charge in [0.25, 0.3) is 0 Å². The lowest BCUT2D eigenvalue weighted by atomic mass is 10.0. The third kappa shape index (κ3) is 3.86. The summed E-state index contributed by atoms with van der Waals surface area (Å²) in [6.45, 7) is 1.90. The van der Waals surface area contributed by atoms with Crippen LogP contribution in [0, 0.1) is 5.92 Å². The van der Waals surface area contributed by atoms with E-state index in [1.165, 1.54) is 6.33 Å². The summed E-state index contributed by atoms with van der Waals surface area (Å²) in [4.78, 5) is 19.9. The van der Waals surface area contributed by atoms with Gasteiger partial charge in [0.2, 0.25) is 5.91 Å². The first-order valence-electron chi connectivity index (χ1n) is 5.97. The lowest BCUT2D eigenvalue weighted by Gasteiger charge is -2.12. The first kappa shape index (κ1) is 13.7. The molecule has 0 saturated heterocycles. The van der Waals surface area contributed by atoms with Crippen LogP contribution in [0.5, 0.6) is 0 Å². The third-order valence-electron chi connectivity index (χ3n) is 2.75. The summed E-state index contributed by atoms with van der Waals surface area (Å²) in [5.74, 6) is -0.158. The van der Waals surface area contributed by atoms with E-state index < -0.39 is 0 Å². The molecule has 0 saturated carbocycles. The smallest absolute Gasteiger partial charge is 0.227 e. The minimum absolute atomic E-state index is 0.0423. The number of hydrogen-bond acceptors (Lipinski definition) is 3. The predicted octanol–water partition coefficient (Wildman–Crippen LogP) is 3.06. The van der Waals surface area contributed by atoms with Gasteiger partial charge in [0.15, 0.2) is 0 Å². The summed E-state index contributed by atoms with van der Waals surface area (Å²) < 4.78 is 0.586. The van der Waals surface area contributed by atoms with Crippen molar-refractivity contribution in [3.8, 4) is 0 Å². The topological polar surface area (TPSA) is 54.9 Å². The molecular weight excluding hydrogens is 306 g/mol. The summed E-state index contributed by atoms with van der Waals surface area (Å²) in [5.41, 5.74) is 1.74. The van der Waals surface area contributed by atoms with Crippen LogP contribution in [0.3, 0.4) is 0 Å². The number of rotatable bonds is 4. The van der Waals surface area contributed by atoms with Gasteiger partial charge in [-0.3, -0.25) is 4.79 Å². The molecule has 2 aromatic rings. The van der Waals surface area contributed by atoms with E-state index in [1.54, 1.807) is 6.20 Å². The molecule has 0 bridgehead atoms. The molecule has 0 radical (unpaired) electrons. The molecule has 0 aliphatic carbocycles. The number of hydrogen-bond donors (Lipinski definition) is 1. The fraction of sp³-hybridized carbons (Fsp3) is 0.214. The number of nitrogens with one attached hydrogen (secondary N) is 1. The molecule has 5 heteroatoms. The molecule has 4 nitrogen and oxygen atoms in total. The van der Waals surface area contributed by atoms with E-state index in [9.17, 15) is 4.79 Å². The Kier molecular flexibility index (Phi) is 4.63. The second kappa shape index (κ2) is 6.43. The average molecular weight is 320 g/mol. The van der Waals surface area contributed by atoms with Crippen LogP contribution in [0.2, 0.25) is 0 Å². The van der Waals surface area contributed by atoms with Gasteiger partial charge >= 0.3 is 0 Å². The SMILES string of the molecule is C[C@H](Cc1ccccc1)C(=O)Nc1cncnc1Br. The number of anilines is 1. The first-order valence-corrected chi connectivity index (χ1v) is 6.76. The summed E-state index contributed by atoms with van der Waals surface area (Å²) in [6.07, 6.45) is 3.70. The summed E-state index contributed by atoms with van der Waals surface area (Å²) in [6, 6.07) is 9.95. The standard InChI is InChI=1S/C14H14BrN3O/c1-10(7-11-5-3-2-4-6-11)14(19)18-12-8-16-9-17-13(12)15/h2-6,8-10H,7H2,1H3,(H,18,19)/t10-/m1/s1. The van der Waals surface area contributed by atoms with Crippen LogP contribution in [0.15, 0.2) is 47.5 Å². The van der Waals surface area contributed by atoms with Crippen LogP contribution in [-0.4, -0.2) is 15.9 Å². The van der Waals surface area contributed by atoms with Crippen molar-refractivity contribution in [2.45, 2.75) is 13.3 Å². The molecule has 1 aromatic heterocycles. The molecule has 0 unspecified atom stereocenters. The maximum absolute atomic E-state index is 12.1. The molecule has 0 spiro atoms. The zero-order valence-corrected chi connectivity index (χ0v) is 12.1. The van der Waals surface area contributed by atoms with Crippen molar-refractivity contribution < 1.29 is 4.79 Å². The molecule has 1 aromatic carbocycles. The molecule has 0 fully saturated rings. The molecule has 0 aliphatic rings. The van der Waals surface area contributed by atoms with Crippen molar-refractivity contribution in [1.29, 1.82) is 0 Å². The minimum atomic E-state index is -0.116.